The molecule has 1 heterocycles. The summed E-state index contributed by atoms with van der Waals surface area (Å²) < 4.78 is 0. The van der Waals surface area contributed by atoms with E-state index < -0.39 is 23.8 Å². The van der Waals surface area contributed by atoms with Gasteiger partial charge in [-0.2, -0.15) is 0 Å². The molecule has 144 valence electrons. The first-order valence-electron chi connectivity index (χ1n) is 9.46. The van der Waals surface area contributed by atoms with E-state index in [-0.39, 0.29) is 12.2 Å². The lowest BCUT2D eigenvalue weighted by atomic mass is 9.88. The molecule has 1 saturated heterocycles. The third-order valence-electron chi connectivity index (χ3n) is 5.03. The first-order valence-corrected chi connectivity index (χ1v) is 9.46. The van der Waals surface area contributed by atoms with Crippen LogP contribution >= 0.6 is 0 Å². The number of ketones is 1. The maximum absolute atomic E-state index is 12.6. The minimum absolute atomic E-state index is 0.0980. The Labute approximate surface area is 168 Å². The minimum Gasteiger partial charge on any atom is -0.348 e. The second-order valence-electron chi connectivity index (χ2n) is 7.01. The molecule has 1 fully saturated rings. The number of hydrogen-bond donors (Lipinski definition) is 2. The van der Waals surface area contributed by atoms with E-state index in [9.17, 15) is 14.4 Å². The molecule has 0 aromatic heterocycles. The minimum atomic E-state index is -1.33. The summed E-state index contributed by atoms with van der Waals surface area (Å²) in [4.78, 5) is 37.6. The van der Waals surface area contributed by atoms with Crippen molar-refractivity contribution < 1.29 is 14.4 Å². The molecule has 5 nitrogen and oxygen atoms in total. The third kappa shape index (κ3) is 4.09. The Hall–Kier alpha value is -3.73. The van der Waals surface area contributed by atoms with Gasteiger partial charge in [-0.15, -0.1) is 0 Å². The smallest absolute Gasteiger partial charge is 0.244 e. The maximum Gasteiger partial charge on any atom is 0.244 e. The van der Waals surface area contributed by atoms with Gasteiger partial charge in [0.25, 0.3) is 0 Å². The zero-order chi connectivity index (χ0) is 20.2. The molecule has 0 bridgehead atoms. The van der Waals surface area contributed by atoms with E-state index in [0.29, 0.717) is 5.69 Å². The number of amides is 2. The zero-order valence-electron chi connectivity index (χ0n) is 15.7. The zero-order valence-corrected chi connectivity index (χ0v) is 15.7. The van der Waals surface area contributed by atoms with Crippen LogP contribution in [0, 0.1) is 5.92 Å². The van der Waals surface area contributed by atoms with Gasteiger partial charge in [-0.1, -0.05) is 72.8 Å². The van der Waals surface area contributed by atoms with Crippen molar-refractivity contribution in [3.05, 3.63) is 90.5 Å². The van der Waals surface area contributed by atoms with Gasteiger partial charge in [0, 0.05) is 12.1 Å². The Balaban J connectivity index is 1.43. The van der Waals surface area contributed by atoms with Crippen LogP contribution in [0.15, 0.2) is 84.9 Å². The van der Waals surface area contributed by atoms with Crippen molar-refractivity contribution >= 4 is 23.3 Å². The van der Waals surface area contributed by atoms with Crippen molar-refractivity contribution in [1.82, 2.24) is 5.32 Å². The highest BCUT2D eigenvalue weighted by atomic mass is 16.2. The fourth-order valence-electron chi connectivity index (χ4n) is 3.51. The number of hydrogen-bond acceptors (Lipinski definition) is 3. The quantitative estimate of drug-likeness (QED) is 0.673. The largest absolute Gasteiger partial charge is 0.348 e. The monoisotopic (exact) mass is 384 g/mol. The van der Waals surface area contributed by atoms with E-state index in [4.69, 9.17) is 0 Å². The average molecular weight is 384 g/mol. The van der Waals surface area contributed by atoms with Crippen molar-refractivity contribution in [2.45, 2.75) is 12.5 Å². The molecular formula is C24H20N2O3. The lowest BCUT2D eigenvalue weighted by Gasteiger charge is -2.27. The molecule has 29 heavy (non-hydrogen) atoms. The van der Waals surface area contributed by atoms with E-state index in [0.717, 1.165) is 16.7 Å². The van der Waals surface area contributed by atoms with Gasteiger partial charge >= 0.3 is 0 Å². The fourth-order valence-corrected chi connectivity index (χ4v) is 3.51. The summed E-state index contributed by atoms with van der Waals surface area (Å²) in [5, 5.41) is 5.48. The molecule has 0 aliphatic carbocycles. The normalized spacial score (nSPS) is 18.8. The number of carbonyl (C=O) groups excluding carboxylic acids is 3. The lowest BCUT2D eigenvalue weighted by molar-refractivity contribution is -0.143. The standard InChI is InChI=1S/C24H20N2O3/c27-21-15-20(18-9-5-2-6-10-18)26-24(29)22(21)23(28)25-19-13-11-17(12-14-19)16-7-3-1-4-8-16/h1-14,20,22H,15H2,(H,25,28)(H,26,29)/t20-,22?/m0/s1. The number of anilines is 1. The Kier molecular flexibility index (Phi) is 5.20. The molecule has 3 aromatic rings. The Morgan fingerprint density at radius 2 is 1.38 bits per heavy atom. The van der Waals surface area contributed by atoms with Crippen LogP contribution in [0.5, 0.6) is 0 Å². The van der Waals surface area contributed by atoms with Crippen LogP contribution in [-0.4, -0.2) is 17.6 Å². The number of Topliss-reactive ketones (excluding diaryl/α,β-unsaturated/α-hetero) is 1. The first-order chi connectivity index (χ1) is 14.1. The van der Waals surface area contributed by atoms with Gasteiger partial charge in [0.1, 0.15) is 0 Å². The summed E-state index contributed by atoms with van der Waals surface area (Å²) in [6.45, 7) is 0. The molecule has 0 saturated carbocycles. The SMILES string of the molecule is O=C1C[C@@H](c2ccccc2)NC(=O)C1C(=O)Nc1ccc(-c2ccccc2)cc1. The second kappa shape index (κ2) is 8.10. The van der Waals surface area contributed by atoms with Crippen LogP contribution < -0.4 is 10.6 Å². The summed E-state index contributed by atoms with van der Waals surface area (Å²) >= 11 is 0. The van der Waals surface area contributed by atoms with Gasteiger partial charge < -0.3 is 10.6 Å². The van der Waals surface area contributed by atoms with Crippen molar-refractivity contribution in [1.29, 1.82) is 0 Å². The highest BCUT2D eigenvalue weighted by Crippen LogP contribution is 2.26. The van der Waals surface area contributed by atoms with Gasteiger partial charge in [0.2, 0.25) is 11.8 Å². The van der Waals surface area contributed by atoms with Crippen molar-refractivity contribution in [2.75, 3.05) is 5.32 Å². The van der Waals surface area contributed by atoms with E-state index in [1.807, 2.05) is 72.8 Å². The topological polar surface area (TPSA) is 75.3 Å². The highest BCUT2D eigenvalue weighted by molar-refractivity contribution is 6.22. The summed E-state index contributed by atoms with van der Waals surface area (Å²) in [6, 6.07) is 26.1. The van der Waals surface area contributed by atoms with E-state index in [2.05, 4.69) is 10.6 Å². The summed E-state index contributed by atoms with van der Waals surface area (Å²) in [6.07, 6.45) is 0.0980. The van der Waals surface area contributed by atoms with Gasteiger partial charge in [-0.05, 0) is 28.8 Å². The van der Waals surface area contributed by atoms with Crippen molar-refractivity contribution in [3.8, 4) is 11.1 Å². The summed E-state index contributed by atoms with van der Waals surface area (Å²) in [5.41, 5.74) is 3.48. The van der Waals surface area contributed by atoms with Gasteiger partial charge in [0.05, 0.1) is 6.04 Å². The molecule has 1 unspecified atom stereocenters. The van der Waals surface area contributed by atoms with Gasteiger partial charge in [-0.3, -0.25) is 14.4 Å². The van der Waals surface area contributed by atoms with Crippen LogP contribution in [0.25, 0.3) is 11.1 Å². The molecule has 2 N–H and O–H groups in total. The van der Waals surface area contributed by atoms with Crippen LogP contribution in [0.3, 0.4) is 0 Å². The number of carbonyl (C=O) groups is 3. The molecule has 3 aromatic carbocycles. The molecule has 4 rings (SSSR count). The van der Waals surface area contributed by atoms with Gasteiger partial charge in [-0.25, -0.2) is 0 Å². The molecular weight excluding hydrogens is 364 g/mol. The Bertz CT molecular complexity index is 1010. The third-order valence-corrected chi connectivity index (χ3v) is 5.03. The van der Waals surface area contributed by atoms with Crippen LogP contribution in [0.2, 0.25) is 0 Å². The Morgan fingerprint density at radius 3 is 2.00 bits per heavy atom. The van der Waals surface area contributed by atoms with Crippen LogP contribution in [-0.2, 0) is 14.4 Å². The average Bonchev–Trinajstić information content (AvgIpc) is 2.75. The first kappa shape index (κ1) is 18.6. The van der Waals surface area contributed by atoms with Crippen molar-refractivity contribution in [3.63, 3.8) is 0 Å². The summed E-state index contributed by atoms with van der Waals surface area (Å²) in [5.74, 6) is -2.87. The number of piperidine rings is 1. The Morgan fingerprint density at radius 1 is 0.793 bits per heavy atom. The fraction of sp³-hybridized carbons (Fsp3) is 0.125. The number of benzene rings is 3. The molecule has 2 amide bonds. The van der Waals surface area contributed by atoms with Crippen LogP contribution in [0.4, 0.5) is 5.69 Å². The predicted octanol–water partition coefficient (Wildman–Crippen LogP) is 3.74. The van der Waals surface area contributed by atoms with Crippen molar-refractivity contribution in [2.24, 2.45) is 5.92 Å². The second-order valence-corrected chi connectivity index (χ2v) is 7.01. The molecule has 1 aliphatic rings. The van der Waals surface area contributed by atoms with Crippen LogP contribution in [0.1, 0.15) is 18.0 Å². The van der Waals surface area contributed by atoms with E-state index >= 15 is 0 Å². The summed E-state index contributed by atoms with van der Waals surface area (Å²) in [7, 11) is 0. The molecule has 5 heteroatoms. The highest BCUT2D eigenvalue weighted by Gasteiger charge is 2.40. The van der Waals surface area contributed by atoms with E-state index in [1.54, 1.807) is 12.1 Å². The van der Waals surface area contributed by atoms with E-state index in [1.165, 1.54) is 0 Å². The molecule has 0 spiro atoms. The molecule has 2 atom stereocenters. The number of nitrogens with one attached hydrogen (secondary N) is 2. The maximum atomic E-state index is 12.6. The van der Waals surface area contributed by atoms with Gasteiger partial charge in [0.15, 0.2) is 11.7 Å². The number of rotatable bonds is 4. The lowest BCUT2D eigenvalue weighted by Crippen LogP contribution is -2.49. The molecule has 0 radical (unpaired) electrons. The predicted molar refractivity (Wildman–Crippen MR) is 111 cm³/mol. The molecule has 1 aliphatic heterocycles.